The fourth-order valence-electron chi connectivity index (χ4n) is 2.09. The third-order valence-electron chi connectivity index (χ3n) is 3.70. The normalized spacial score (nSPS) is 18.4. The molecule has 112 valence electrons. The van der Waals surface area contributed by atoms with Crippen LogP contribution in [0.4, 0.5) is 10.6 Å². The van der Waals surface area contributed by atoms with Gasteiger partial charge in [0.1, 0.15) is 5.76 Å². The van der Waals surface area contributed by atoms with Crippen molar-refractivity contribution in [3.63, 3.8) is 0 Å². The molecule has 0 saturated heterocycles. The van der Waals surface area contributed by atoms with Crippen molar-refractivity contribution in [1.29, 1.82) is 0 Å². The fraction of sp³-hybridized carbons (Fsp3) is 0.714. The number of aliphatic hydroxyl groups is 1. The molecule has 6 heteroatoms. The first kappa shape index (κ1) is 14.8. The molecule has 0 radical (unpaired) electrons. The minimum absolute atomic E-state index is 0.0723. The van der Waals surface area contributed by atoms with Crippen molar-refractivity contribution in [1.82, 2.24) is 10.5 Å². The van der Waals surface area contributed by atoms with Gasteiger partial charge in [0.15, 0.2) is 5.82 Å². The van der Waals surface area contributed by atoms with E-state index < -0.39 is 5.54 Å². The van der Waals surface area contributed by atoms with E-state index in [1.807, 2.05) is 27.7 Å². The molecule has 3 N–H and O–H groups in total. The Kier molecular flexibility index (Phi) is 3.77. The predicted octanol–water partition coefficient (Wildman–Crippen LogP) is 2.25. The summed E-state index contributed by atoms with van der Waals surface area (Å²) >= 11 is 0. The molecule has 1 saturated carbocycles. The molecule has 1 unspecified atom stereocenters. The van der Waals surface area contributed by atoms with Crippen molar-refractivity contribution >= 4 is 11.8 Å². The van der Waals surface area contributed by atoms with Crippen LogP contribution in [-0.4, -0.2) is 28.4 Å². The Bertz CT molecular complexity index is 488. The predicted molar refractivity (Wildman–Crippen MR) is 75.6 cm³/mol. The van der Waals surface area contributed by atoms with E-state index in [1.165, 1.54) is 0 Å². The number of carbonyl (C=O) groups excluding carboxylic acids is 1. The van der Waals surface area contributed by atoms with Crippen molar-refractivity contribution in [2.24, 2.45) is 5.92 Å². The van der Waals surface area contributed by atoms with E-state index in [1.54, 1.807) is 6.07 Å². The second-order valence-electron chi connectivity index (χ2n) is 6.76. The van der Waals surface area contributed by atoms with E-state index in [0.29, 0.717) is 17.5 Å². The minimum atomic E-state index is -0.569. The largest absolute Gasteiger partial charge is 0.394 e. The second-order valence-corrected chi connectivity index (χ2v) is 6.76. The number of carbonyl (C=O) groups is 1. The molecule has 2 rings (SSSR count). The first-order valence-corrected chi connectivity index (χ1v) is 6.92. The lowest BCUT2D eigenvalue weighted by Crippen LogP contribution is -2.52. The van der Waals surface area contributed by atoms with Gasteiger partial charge >= 0.3 is 6.03 Å². The lowest BCUT2D eigenvalue weighted by molar-refractivity contribution is 0.159. The molecule has 20 heavy (non-hydrogen) atoms. The third-order valence-corrected chi connectivity index (χ3v) is 3.70. The number of hydrogen-bond donors (Lipinski definition) is 3. The van der Waals surface area contributed by atoms with Gasteiger partial charge in [0.05, 0.1) is 12.1 Å². The molecule has 1 aliphatic carbocycles. The van der Waals surface area contributed by atoms with E-state index in [4.69, 9.17) is 4.52 Å². The first-order valence-electron chi connectivity index (χ1n) is 6.92. The lowest BCUT2D eigenvalue weighted by atomic mass is 9.93. The lowest BCUT2D eigenvalue weighted by Gasteiger charge is -2.28. The zero-order chi connectivity index (χ0) is 15.0. The van der Waals surface area contributed by atoms with Gasteiger partial charge in [-0.1, -0.05) is 25.9 Å². The summed E-state index contributed by atoms with van der Waals surface area (Å²) in [6, 6.07) is 1.34. The highest BCUT2D eigenvalue weighted by molar-refractivity contribution is 5.88. The summed E-state index contributed by atoms with van der Waals surface area (Å²) in [5, 5.41) is 18.7. The number of hydrogen-bond acceptors (Lipinski definition) is 4. The zero-order valence-corrected chi connectivity index (χ0v) is 12.5. The Morgan fingerprint density at radius 1 is 1.45 bits per heavy atom. The van der Waals surface area contributed by atoms with Gasteiger partial charge in [-0.25, -0.2) is 4.79 Å². The van der Waals surface area contributed by atoms with Crippen LogP contribution < -0.4 is 10.6 Å². The van der Waals surface area contributed by atoms with Crippen molar-refractivity contribution < 1.29 is 14.4 Å². The Hall–Kier alpha value is -1.56. The monoisotopic (exact) mass is 281 g/mol. The molecular weight excluding hydrogens is 258 g/mol. The van der Waals surface area contributed by atoms with Crippen LogP contribution in [0.3, 0.4) is 0 Å². The summed E-state index contributed by atoms with van der Waals surface area (Å²) in [7, 11) is 0. The molecule has 1 aliphatic rings. The molecule has 0 aliphatic heterocycles. The highest BCUT2D eigenvalue weighted by atomic mass is 16.5. The average Bonchev–Trinajstić information content (AvgIpc) is 3.09. The van der Waals surface area contributed by atoms with Crippen LogP contribution in [0.1, 0.15) is 46.3 Å². The number of aliphatic hydroxyl groups excluding tert-OH is 1. The maximum atomic E-state index is 12.0. The standard InChI is InChI=1S/C14H23N3O3/c1-13(2,3)10-7-11(17-20-10)15-12(19)16-14(4,8-18)9-5-6-9/h7,9,18H,5-6,8H2,1-4H3,(H2,15,16,17,19). The Morgan fingerprint density at radius 2 is 2.10 bits per heavy atom. The highest BCUT2D eigenvalue weighted by Gasteiger charge is 2.42. The van der Waals surface area contributed by atoms with Gasteiger partial charge in [0.2, 0.25) is 0 Å². The molecule has 1 aromatic heterocycles. The smallest absolute Gasteiger partial charge is 0.321 e. The Labute approximate surface area is 118 Å². The number of aromatic nitrogens is 1. The van der Waals surface area contributed by atoms with Gasteiger partial charge in [0.25, 0.3) is 0 Å². The number of rotatable bonds is 4. The summed E-state index contributed by atoms with van der Waals surface area (Å²) in [5.74, 6) is 1.43. The van der Waals surface area contributed by atoms with Gasteiger partial charge in [-0.2, -0.15) is 0 Å². The summed E-state index contributed by atoms with van der Waals surface area (Å²) in [4.78, 5) is 12.0. The van der Waals surface area contributed by atoms with Crippen LogP contribution in [0.5, 0.6) is 0 Å². The van der Waals surface area contributed by atoms with Crippen LogP contribution in [0.25, 0.3) is 0 Å². The molecule has 0 aromatic carbocycles. The van der Waals surface area contributed by atoms with E-state index in [0.717, 1.165) is 12.8 Å². The quantitative estimate of drug-likeness (QED) is 0.790. The van der Waals surface area contributed by atoms with Crippen molar-refractivity contribution in [3.8, 4) is 0 Å². The van der Waals surface area contributed by atoms with E-state index >= 15 is 0 Å². The first-order chi connectivity index (χ1) is 9.24. The van der Waals surface area contributed by atoms with E-state index in [9.17, 15) is 9.90 Å². The van der Waals surface area contributed by atoms with Crippen LogP contribution in [0, 0.1) is 5.92 Å². The molecule has 6 nitrogen and oxygen atoms in total. The zero-order valence-electron chi connectivity index (χ0n) is 12.5. The maximum Gasteiger partial charge on any atom is 0.321 e. The van der Waals surface area contributed by atoms with Crippen molar-refractivity contribution in [3.05, 3.63) is 11.8 Å². The summed E-state index contributed by atoms with van der Waals surface area (Å²) in [6.45, 7) is 7.80. The van der Waals surface area contributed by atoms with Gasteiger partial charge < -0.3 is 14.9 Å². The maximum absolute atomic E-state index is 12.0. The van der Waals surface area contributed by atoms with Gasteiger partial charge in [-0.05, 0) is 25.7 Å². The highest BCUT2D eigenvalue weighted by Crippen LogP contribution is 2.39. The number of nitrogens with zero attached hydrogens (tertiary/aromatic N) is 1. The number of anilines is 1. The molecular formula is C14H23N3O3. The average molecular weight is 281 g/mol. The van der Waals surface area contributed by atoms with Gasteiger partial charge in [-0.3, -0.25) is 5.32 Å². The van der Waals surface area contributed by atoms with E-state index in [2.05, 4.69) is 15.8 Å². The van der Waals surface area contributed by atoms with Gasteiger partial charge in [0, 0.05) is 11.5 Å². The van der Waals surface area contributed by atoms with Crippen molar-refractivity contribution in [2.45, 2.75) is 51.5 Å². The number of nitrogens with one attached hydrogen (secondary N) is 2. The van der Waals surface area contributed by atoms with Crippen LogP contribution in [0.2, 0.25) is 0 Å². The molecule has 1 heterocycles. The third kappa shape index (κ3) is 3.30. The Morgan fingerprint density at radius 3 is 2.55 bits per heavy atom. The number of amides is 2. The van der Waals surface area contributed by atoms with Crippen LogP contribution in [-0.2, 0) is 5.41 Å². The molecule has 0 spiro atoms. The molecule has 1 atom stereocenters. The fourth-order valence-corrected chi connectivity index (χ4v) is 2.09. The molecule has 1 aromatic rings. The molecule has 0 bridgehead atoms. The van der Waals surface area contributed by atoms with Gasteiger partial charge in [-0.15, -0.1) is 0 Å². The SMILES string of the molecule is CC(C)(C)c1cc(NC(=O)NC(C)(CO)C2CC2)no1. The summed E-state index contributed by atoms with van der Waals surface area (Å²) in [5.41, 5.74) is -0.724. The van der Waals surface area contributed by atoms with Crippen LogP contribution in [0.15, 0.2) is 10.6 Å². The summed E-state index contributed by atoms with van der Waals surface area (Å²) < 4.78 is 5.20. The second kappa shape index (κ2) is 5.09. The minimum Gasteiger partial charge on any atom is -0.394 e. The van der Waals surface area contributed by atoms with E-state index in [-0.39, 0.29) is 18.1 Å². The topological polar surface area (TPSA) is 87.4 Å². The number of urea groups is 1. The van der Waals surface area contributed by atoms with Crippen LogP contribution >= 0.6 is 0 Å². The Balaban J connectivity index is 1.96. The summed E-state index contributed by atoms with van der Waals surface area (Å²) in [6.07, 6.45) is 2.07. The molecule has 2 amide bonds. The molecule has 1 fully saturated rings. The van der Waals surface area contributed by atoms with Crippen molar-refractivity contribution in [2.75, 3.05) is 11.9 Å².